The van der Waals surface area contributed by atoms with E-state index >= 15 is 0 Å². The van der Waals surface area contributed by atoms with Gasteiger partial charge in [-0.3, -0.25) is 15.0 Å². The third-order valence-electron chi connectivity index (χ3n) is 3.42. The summed E-state index contributed by atoms with van der Waals surface area (Å²) in [5.74, 6) is 1.02. The summed E-state index contributed by atoms with van der Waals surface area (Å²) in [6.45, 7) is 2.23. The lowest BCUT2D eigenvalue weighted by Crippen LogP contribution is -2.47. The first-order chi connectivity index (χ1) is 10.4. The molecule has 0 aromatic heterocycles. The highest BCUT2D eigenvalue weighted by molar-refractivity contribution is 5.96. The number of imide groups is 1. The number of likely N-dealkylation sites (N-methyl/N-ethyl adjacent to an activating group) is 1. The minimum absolute atomic E-state index is 0.366. The minimum atomic E-state index is -0.521. The zero-order valence-electron chi connectivity index (χ0n) is 13.6. The van der Waals surface area contributed by atoms with Crippen LogP contribution in [0.2, 0.25) is 0 Å². The lowest BCUT2D eigenvalue weighted by Gasteiger charge is -2.24. The summed E-state index contributed by atoms with van der Waals surface area (Å²) in [5, 5.41) is 4.61. The van der Waals surface area contributed by atoms with Crippen LogP contribution >= 0.6 is 0 Å². The van der Waals surface area contributed by atoms with Crippen LogP contribution in [0.15, 0.2) is 18.2 Å². The molecule has 0 heterocycles. The Hall–Kier alpha value is -2.28. The maximum atomic E-state index is 11.9. The van der Waals surface area contributed by atoms with E-state index in [1.807, 2.05) is 17.0 Å². The Kier molecular flexibility index (Phi) is 6.65. The molecule has 0 bridgehead atoms. The van der Waals surface area contributed by atoms with Gasteiger partial charge in [-0.15, -0.1) is 0 Å². The Morgan fingerprint density at radius 3 is 2.50 bits per heavy atom. The summed E-state index contributed by atoms with van der Waals surface area (Å²) in [5.41, 5.74) is 0.922. The molecule has 7 nitrogen and oxygen atoms in total. The molecule has 1 unspecified atom stereocenters. The molecule has 122 valence electrons. The predicted octanol–water partition coefficient (Wildman–Crippen LogP) is 0.980. The van der Waals surface area contributed by atoms with Crippen LogP contribution in [0, 0.1) is 0 Å². The third kappa shape index (κ3) is 4.63. The molecule has 0 radical (unpaired) electrons. The monoisotopic (exact) mass is 309 g/mol. The SMILES string of the molecule is CNC(=O)NC(=O)C(C)N(C)Cc1ccc(OC)cc1OC. The van der Waals surface area contributed by atoms with Gasteiger partial charge in [0.2, 0.25) is 5.91 Å². The average molecular weight is 309 g/mol. The molecule has 1 aromatic carbocycles. The molecule has 0 spiro atoms. The van der Waals surface area contributed by atoms with E-state index in [4.69, 9.17) is 9.47 Å². The normalized spacial score (nSPS) is 11.7. The van der Waals surface area contributed by atoms with E-state index in [0.717, 1.165) is 5.56 Å². The number of nitrogens with zero attached hydrogens (tertiary/aromatic N) is 1. The van der Waals surface area contributed by atoms with Crippen LogP contribution in [0.3, 0.4) is 0 Å². The molecule has 0 aliphatic heterocycles. The lowest BCUT2D eigenvalue weighted by atomic mass is 10.1. The fourth-order valence-corrected chi connectivity index (χ4v) is 1.87. The molecular weight excluding hydrogens is 286 g/mol. The van der Waals surface area contributed by atoms with Crippen molar-refractivity contribution >= 4 is 11.9 Å². The van der Waals surface area contributed by atoms with Gasteiger partial charge in [0, 0.05) is 25.2 Å². The molecule has 0 aliphatic rings. The molecule has 2 N–H and O–H groups in total. The Morgan fingerprint density at radius 1 is 1.27 bits per heavy atom. The number of carbonyl (C=O) groups excluding carboxylic acids is 2. The number of hydrogen-bond acceptors (Lipinski definition) is 5. The second-order valence-electron chi connectivity index (χ2n) is 4.84. The van der Waals surface area contributed by atoms with Gasteiger partial charge in [-0.1, -0.05) is 6.07 Å². The Balaban J connectivity index is 2.77. The van der Waals surface area contributed by atoms with Crippen LogP contribution in [0.25, 0.3) is 0 Å². The van der Waals surface area contributed by atoms with Gasteiger partial charge in [0.15, 0.2) is 0 Å². The second-order valence-corrected chi connectivity index (χ2v) is 4.84. The highest BCUT2D eigenvalue weighted by Gasteiger charge is 2.20. The van der Waals surface area contributed by atoms with Crippen LogP contribution in [-0.4, -0.2) is 51.2 Å². The van der Waals surface area contributed by atoms with E-state index in [1.54, 1.807) is 34.3 Å². The van der Waals surface area contributed by atoms with E-state index in [-0.39, 0.29) is 5.91 Å². The van der Waals surface area contributed by atoms with Gasteiger partial charge < -0.3 is 14.8 Å². The van der Waals surface area contributed by atoms with E-state index in [0.29, 0.717) is 18.0 Å². The first-order valence-electron chi connectivity index (χ1n) is 6.86. The highest BCUT2D eigenvalue weighted by atomic mass is 16.5. The van der Waals surface area contributed by atoms with Crippen LogP contribution in [0.5, 0.6) is 11.5 Å². The summed E-state index contributed by atoms with van der Waals surface area (Å²) < 4.78 is 10.5. The summed E-state index contributed by atoms with van der Waals surface area (Å²) in [4.78, 5) is 24.9. The number of carbonyl (C=O) groups is 2. The molecule has 0 saturated heterocycles. The van der Waals surface area contributed by atoms with Crippen molar-refractivity contribution in [2.75, 3.05) is 28.3 Å². The van der Waals surface area contributed by atoms with Crippen molar-refractivity contribution in [2.24, 2.45) is 0 Å². The molecule has 22 heavy (non-hydrogen) atoms. The number of rotatable bonds is 6. The number of amides is 3. The van der Waals surface area contributed by atoms with E-state index in [9.17, 15) is 9.59 Å². The predicted molar refractivity (Wildman–Crippen MR) is 83.1 cm³/mol. The van der Waals surface area contributed by atoms with Gasteiger partial charge in [-0.25, -0.2) is 4.79 Å². The van der Waals surface area contributed by atoms with Gasteiger partial charge in [0.25, 0.3) is 0 Å². The molecule has 1 rings (SSSR count). The maximum absolute atomic E-state index is 11.9. The molecule has 7 heteroatoms. The summed E-state index contributed by atoms with van der Waals surface area (Å²) in [6, 6.07) is 4.52. The Labute approximate surface area is 130 Å². The number of methoxy groups -OCH3 is 2. The minimum Gasteiger partial charge on any atom is -0.497 e. The fraction of sp³-hybridized carbons (Fsp3) is 0.467. The zero-order chi connectivity index (χ0) is 16.7. The van der Waals surface area contributed by atoms with Gasteiger partial charge >= 0.3 is 6.03 Å². The van der Waals surface area contributed by atoms with Gasteiger partial charge in [-0.2, -0.15) is 0 Å². The standard InChI is InChI=1S/C15H23N3O4/c1-10(14(19)17-15(20)16-2)18(3)9-11-6-7-12(21-4)8-13(11)22-5/h6-8,10H,9H2,1-5H3,(H2,16,17,19,20). The van der Waals surface area contributed by atoms with Crippen molar-refractivity contribution in [3.63, 3.8) is 0 Å². The van der Waals surface area contributed by atoms with Crippen LogP contribution in [0.4, 0.5) is 4.79 Å². The number of benzene rings is 1. The van der Waals surface area contributed by atoms with E-state index in [1.165, 1.54) is 7.05 Å². The van der Waals surface area contributed by atoms with Gasteiger partial charge in [-0.05, 0) is 20.0 Å². The quantitative estimate of drug-likeness (QED) is 0.819. The fourth-order valence-electron chi connectivity index (χ4n) is 1.87. The third-order valence-corrected chi connectivity index (χ3v) is 3.42. The highest BCUT2D eigenvalue weighted by Crippen LogP contribution is 2.25. The molecule has 1 aromatic rings. The topological polar surface area (TPSA) is 79.9 Å². The smallest absolute Gasteiger partial charge is 0.321 e. The summed E-state index contributed by atoms with van der Waals surface area (Å²) in [6.07, 6.45) is 0. The largest absolute Gasteiger partial charge is 0.497 e. The van der Waals surface area contributed by atoms with Crippen LogP contribution < -0.4 is 20.1 Å². The van der Waals surface area contributed by atoms with Crippen molar-refractivity contribution in [2.45, 2.75) is 19.5 Å². The molecule has 0 aliphatic carbocycles. The van der Waals surface area contributed by atoms with E-state index < -0.39 is 12.1 Å². The molecule has 0 fully saturated rings. The first-order valence-corrected chi connectivity index (χ1v) is 6.86. The van der Waals surface area contributed by atoms with Crippen molar-refractivity contribution in [1.82, 2.24) is 15.5 Å². The zero-order valence-corrected chi connectivity index (χ0v) is 13.6. The maximum Gasteiger partial charge on any atom is 0.321 e. The first kappa shape index (κ1) is 17.8. The number of urea groups is 1. The molecular formula is C15H23N3O4. The van der Waals surface area contributed by atoms with Crippen molar-refractivity contribution in [3.05, 3.63) is 23.8 Å². The number of hydrogen-bond donors (Lipinski definition) is 2. The number of nitrogens with one attached hydrogen (secondary N) is 2. The molecule has 1 atom stereocenters. The Bertz CT molecular complexity index is 534. The van der Waals surface area contributed by atoms with E-state index in [2.05, 4.69) is 10.6 Å². The van der Waals surface area contributed by atoms with Gasteiger partial charge in [0.05, 0.1) is 20.3 Å². The van der Waals surface area contributed by atoms with Crippen molar-refractivity contribution < 1.29 is 19.1 Å². The van der Waals surface area contributed by atoms with Crippen molar-refractivity contribution in [1.29, 1.82) is 0 Å². The lowest BCUT2D eigenvalue weighted by molar-refractivity contribution is -0.124. The van der Waals surface area contributed by atoms with Gasteiger partial charge in [0.1, 0.15) is 11.5 Å². The summed E-state index contributed by atoms with van der Waals surface area (Å²) in [7, 11) is 6.43. The van der Waals surface area contributed by atoms with Crippen LogP contribution in [-0.2, 0) is 11.3 Å². The molecule has 0 saturated carbocycles. The van der Waals surface area contributed by atoms with Crippen molar-refractivity contribution in [3.8, 4) is 11.5 Å². The van der Waals surface area contributed by atoms with Crippen LogP contribution in [0.1, 0.15) is 12.5 Å². The number of ether oxygens (including phenoxy) is 2. The Morgan fingerprint density at radius 2 is 1.95 bits per heavy atom. The average Bonchev–Trinajstić information content (AvgIpc) is 2.53. The molecule has 3 amide bonds. The second kappa shape index (κ2) is 8.23. The summed E-state index contributed by atoms with van der Waals surface area (Å²) >= 11 is 0.